The number of anilines is 2. The zero-order valence-corrected chi connectivity index (χ0v) is 18.5. The SMILES string of the molecule is CCn1cc(NC(=O)c2ccn(COc3ccc(Cl)cc3)n2)c(C(=O)Nc2ccccc2)n1. The van der Waals surface area contributed by atoms with E-state index in [1.54, 1.807) is 59.5 Å². The molecule has 2 aromatic carbocycles. The first-order chi connectivity index (χ1) is 16.0. The summed E-state index contributed by atoms with van der Waals surface area (Å²) >= 11 is 5.87. The van der Waals surface area contributed by atoms with Crippen LogP contribution in [-0.4, -0.2) is 31.4 Å². The van der Waals surface area contributed by atoms with Crippen LogP contribution in [0.1, 0.15) is 27.9 Å². The van der Waals surface area contributed by atoms with Crippen LogP contribution in [0, 0.1) is 0 Å². The Labute approximate surface area is 194 Å². The van der Waals surface area contributed by atoms with Crippen LogP contribution in [0.3, 0.4) is 0 Å². The van der Waals surface area contributed by atoms with E-state index in [1.165, 1.54) is 4.68 Å². The van der Waals surface area contributed by atoms with Gasteiger partial charge in [0.1, 0.15) is 5.75 Å². The van der Waals surface area contributed by atoms with Crippen molar-refractivity contribution in [3.63, 3.8) is 0 Å². The molecule has 0 aliphatic heterocycles. The highest BCUT2D eigenvalue weighted by Crippen LogP contribution is 2.18. The fourth-order valence-electron chi connectivity index (χ4n) is 2.97. The van der Waals surface area contributed by atoms with Crippen molar-refractivity contribution in [2.75, 3.05) is 10.6 Å². The molecule has 168 valence electrons. The van der Waals surface area contributed by atoms with Crippen molar-refractivity contribution in [1.29, 1.82) is 0 Å². The number of nitrogens with zero attached hydrogens (tertiary/aromatic N) is 4. The second-order valence-corrected chi connectivity index (χ2v) is 7.43. The lowest BCUT2D eigenvalue weighted by Gasteiger charge is -2.06. The molecule has 0 atom stereocenters. The zero-order valence-electron chi connectivity index (χ0n) is 17.7. The standard InChI is InChI=1S/C23H21ClN6O3/c1-2-29-14-20(21(28-29)23(32)25-17-6-4-3-5-7-17)26-22(31)19-12-13-30(27-19)15-33-18-10-8-16(24)9-11-18/h3-14H,2,15H2,1H3,(H,25,32)(H,26,31). The number of aromatic nitrogens is 4. The molecule has 2 N–H and O–H groups in total. The molecule has 2 aromatic heterocycles. The smallest absolute Gasteiger partial charge is 0.278 e. The molecular formula is C23H21ClN6O3. The average Bonchev–Trinajstić information content (AvgIpc) is 3.46. The van der Waals surface area contributed by atoms with Crippen molar-refractivity contribution in [2.45, 2.75) is 20.2 Å². The van der Waals surface area contributed by atoms with Crippen molar-refractivity contribution in [2.24, 2.45) is 0 Å². The first-order valence-electron chi connectivity index (χ1n) is 10.2. The molecule has 2 amide bonds. The number of benzene rings is 2. The third-order valence-electron chi connectivity index (χ3n) is 4.63. The van der Waals surface area contributed by atoms with Gasteiger partial charge in [0, 0.05) is 29.6 Å². The fraction of sp³-hybridized carbons (Fsp3) is 0.130. The summed E-state index contributed by atoms with van der Waals surface area (Å²) in [5.41, 5.74) is 1.21. The third-order valence-corrected chi connectivity index (χ3v) is 4.88. The van der Waals surface area contributed by atoms with Crippen molar-refractivity contribution in [1.82, 2.24) is 19.6 Å². The van der Waals surface area contributed by atoms with Gasteiger partial charge in [-0.15, -0.1) is 0 Å². The van der Waals surface area contributed by atoms with Crippen LogP contribution in [-0.2, 0) is 13.3 Å². The van der Waals surface area contributed by atoms with E-state index in [9.17, 15) is 9.59 Å². The van der Waals surface area contributed by atoms with Crippen LogP contribution < -0.4 is 15.4 Å². The van der Waals surface area contributed by atoms with Crippen molar-refractivity contribution in [3.05, 3.63) is 89.5 Å². The topological polar surface area (TPSA) is 103 Å². The molecule has 0 spiro atoms. The molecule has 4 aromatic rings. The second-order valence-electron chi connectivity index (χ2n) is 6.99. The molecule has 0 saturated carbocycles. The zero-order chi connectivity index (χ0) is 23.2. The number of carbonyl (C=O) groups excluding carboxylic acids is 2. The number of carbonyl (C=O) groups is 2. The summed E-state index contributed by atoms with van der Waals surface area (Å²) in [4.78, 5) is 25.5. The van der Waals surface area contributed by atoms with E-state index in [-0.39, 0.29) is 18.1 Å². The van der Waals surface area contributed by atoms with Gasteiger partial charge in [0.05, 0.1) is 5.69 Å². The molecule has 33 heavy (non-hydrogen) atoms. The van der Waals surface area contributed by atoms with Crippen LogP contribution in [0.4, 0.5) is 11.4 Å². The summed E-state index contributed by atoms with van der Waals surface area (Å²) in [7, 11) is 0. The Bertz CT molecular complexity index is 1250. The largest absolute Gasteiger partial charge is 0.471 e. The number of para-hydroxylation sites is 1. The van der Waals surface area contributed by atoms with Gasteiger partial charge in [-0.25, -0.2) is 4.68 Å². The minimum absolute atomic E-state index is 0.111. The Morgan fingerprint density at radius 1 is 0.939 bits per heavy atom. The van der Waals surface area contributed by atoms with Gasteiger partial charge in [-0.3, -0.25) is 14.3 Å². The van der Waals surface area contributed by atoms with Crippen LogP contribution in [0.15, 0.2) is 73.1 Å². The molecule has 10 heteroatoms. The predicted octanol–water partition coefficient (Wildman–Crippen LogP) is 4.29. The maximum absolute atomic E-state index is 12.8. The minimum atomic E-state index is -0.468. The molecule has 0 bridgehead atoms. The summed E-state index contributed by atoms with van der Waals surface area (Å²) in [6, 6.07) is 17.5. The summed E-state index contributed by atoms with van der Waals surface area (Å²) in [6.45, 7) is 2.55. The highest BCUT2D eigenvalue weighted by molar-refractivity contribution is 6.30. The van der Waals surface area contributed by atoms with Gasteiger partial charge in [-0.05, 0) is 49.4 Å². The first-order valence-corrected chi connectivity index (χ1v) is 10.6. The van der Waals surface area contributed by atoms with Crippen LogP contribution in [0.5, 0.6) is 5.75 Å². The highest BCUT2D eigenvalue weighted by atomic mass is 35.5. The number of halogens is 1. The molecule has 4 rings (SSSR count). The first kappa shape index (κ1) is 22.1. The molecular weight excluding hydrogens is 444 g/mol. The highest BCUT2D eigenvalue weighted by Gasteiger charge is 2.20. The van der Waals surface area contributed by atoms with Crippen LogP contribution in [0.25, 0.3) is 0 Å². The van der Waals surface area contributed by atoms with E-state index in [0.29, 0.717) is 28.7 Å². The summed E-state index contributed by atoms with van der Waals surface area (Å²) in [5.74, 6) is -0.266. The third kappa shape index (κ3) is 5.58. The number of nitrogens with one attached hydrogen (secondary N) is 2. The van der Waals surface area contributed by atoms with Gasteiger partial charge in [0.2, 0.25) is 0 Å². The van der Waals surface area contributed by atoms with E-state index < -0.39 is 11.8 Å². The fourth-order valence-corrected chi connectivity index (χ4v) is 3.09. The van der Waals surface area contributed by atoms with E-state index in [2.05, 4.69) is 20.8 Å². The molecule has 9 nitrogen and oxygen atoms in total. The predicted molar refractivity (Wildman–Crippen MR) is 125 cm³/mol. The van der Waals surface area contributed by atoms with Crippen molar-refractivity contribution >= 4 is 34.8 Å². The van der Waals surface area contributed by atoms with Crippen molar-refractivity contribution < 1.29 is 14.3 Å². The Morgan fingerprint density at radius 3 is 2.42 bits per heavy atom. The van der Waals surface area contributed by atoms with Crippen LogP contribution >= 0.6 is 11.6 Å². The summed E-state index contributed by atoms with van der Waals surface area (Å²) in [6.07, 6.45) is 3.24. The van der Waals surface area contributed by atoms with Gasteiger partial charge in [-0.1, -0.05) is 29.8 Å². The number of hydrogen-bond donors (Lipinski definition) is 2. The maximum atomic E-state index is 12.8. The molecule has 0 fully saturated rings. The van der Waals surface area contributed by atoms with Gasteiger partial charge in [0.25, 0.3) is 11.8 Å². The molecule has 2 heterocycles. The lowest BCUT2D eigenvalue weighted by atomic mass is 10.3. The Morgan fingerprint density at radius 2 is 1.70 bits per heavy atom. The Balaban J connectivity index is 1.43. The van der Waals surface area contributed by atoms with Crippen LogP contribution in [0.2, 0.25) is 5.02 Å². The lowest BCUT2D eigenvalue weighted by molar-refractivity contribution is 0.102. The minimum Gasteiger partial charge on any atom is -0.471 e. The monoisotopic (exact) mass is 464 g/mol. The van der Waals surface area contributed by atoms with Gasteiger partial charge < -0.3 is 15.4 Å². The second kappa shape index (κ2) is 10.0. The summed E-state index contributed by atoms with van der Waals surface area (Å²) in [5, 5.41) is 14.6. The number of ether oxygens (including phenoxy) is 1. The quantitative estimate of drug-likeness (QED) is 0.405. The summed E-state index contributed by atoms with van der Waals surface area (Å²) < 4.78 is 8.69. The van der Waals surface area contributed by atoms with Gasteiger partial charge in [0.15, 0.2) is 18.1 Å². The number of amides is 2. The molecule has 0 unspecified atom stereocenters. The number of hydrogen-bond acceptors (Lipinski definition) is 5. The van der Waals surface area contributed by atoms with Gasteiger partial charge >= 0.3 is 0 Å². The number of aryl methyl sites for hydroxylation is 1. The molecule has 0 aliphatic rings. The van der Waals surface area contributed by atoms with Crippen molar-refractivity contribution in [3.8, 4) is 5.75 Å². The average molecular weight is 465 g/mol. The van der Waals surface area contributed by atoms with E-state index >= 15 is 0 Å². The van der Waals surface area contributed by atoms with E-state index in [0.717, 1.165) is 0 Å². The molecule has 0 saturated heterocycles. The number of rotatable bonds is 8. The molecule has 0 aliphatic carbocycles. The normalized spacial score (nSPS) is 10.6. The van der Waals surface area contributed by atoms with E-state index in [4.69, 9.17) is 16.3 Å². The lowest BCUT2D eigenvalue weighted by Crippen LogP contribution is -2.18. The van der Waals surface area contributed by atoms with E-state index in [1.807, 2.05) is 25.1 Å². The Kier molecular flexibility index (Phi) is 6.70. The molecule has 0 radical (unpaired) electrons. The maximum Gasteiger partial charge on any atom is 0.278 e. The van der Waals surface area contributed by atoms with Gasteiger partial charge in [-0.2, -0.15) is 10.2 Å². The Hall–Kier alpha value is -4.11.